The molecule has 2 atom stereocenters. The Hall–Kier alpha value is -5.46. The van der Waals surface area contributed by atoms with Crippen molar-refractivity contribution in [3.05, 3.63) is 71.8 Å². The van der Waals surface area contributed by atoms with Gasteiger partial charge in [-0.05, 0) is 72.9 Å². The number of carbonyl (C=O) groups excluding carboxylic acids is 3. The number of phenols is 1. The van der Waals surface area contributed by atoms with Crippen LogP contribution in [0.1, 0.15) is 43.9 Å². The summed E-state index contributed by atoms with van der Waals surface area (Å²) in [6.07, 6.45) is -0.0705. The lowest BCUT2D eigenvalue weighted by Crippen LogP contribution is -2.49. The van der Waals surface area contributed by atoms with Crippen LogP contribution >= 0.6 is 0 Å². The van der Waals surface area contributed by atoms with E-state index in [0.29, 0.717) is 46.2 Å². The highest BCUT2D eigenvalue weighted by molar-refractivity contribution is 6.01. The van der Waals surface area contributed by atoms with Gasteiger partial charge in [0.05, 0.1) is 18.2 Å². The Balaban J connectivity index is 1.32. The van der Waals surface area contributed by atoms with Gasteiger partial charge >= 0.3 is 12.0 Å². The number of aliphatic carboxylic acids is 1. The summed E-state index contributed by atoms with van der Waals surface area (Å²) in [5.74, 6) is -0.870. The number of phenolic OH excluding ortho intramolecular Hbond substituents is 1. The van der Waals surface area contributed by atoms with Crippen LogP contribution in [0.5, 0.6) is 23.0 Å². The first-order valence-corrected chi connectivity index (χ1v) is 14.3. The Morgan fingerprint density at radius 2 is 1.67 bits per heavy atom. The monoisotopic (exact) mass is 620 g/mol. The van der Waals surface area contributed by atoms with Crippen LogP contribution < -0.4 is 35.5 Å². The van der Waals surface area contributed by atoms with Gasteiger partial charge in [0.2, 0.25) is 12.7 Å². The molecule has 0 radical (unpaired) electrons. The van der Waals surface area contributed by atoms with E-state index >= 15 is 0 Å². The minimum absolute atomic E-state index is 0.0393. The summed E-state index contributed by atoms with van der Waals surface area (Å²) in [5, 5.41) is 30.2. The zero-order valence-corrected chi connectivity index (χ0v) is 25.1. The van der Waals surface area contributed by atoms with Crippen molar-refractivity contribution in [3.63, 3.8) is 0 Å². The third-order valence-electron chi connectivity index (χ3n) is 6.82. The van der Waals surface area contributed by atoms with E-state index in [0.717, 1.165) is 0 Å². The fourth-order valence-electron chi connectivity index (χ4n) is 4.64. The molecule has 0 fully saturated rings. The summed E-state index contributed by atoms with van der Waals surface area (Å²) in [6, 6.07) is 13.8. The summed E-state index contributed by atoms with van der Waals surface area (Å²) >= 11 is 0. The van der Waals surface area contributed by atoms with Crippen molar-refractivity contribution in [1.82, 2.24) is 10.6 Å². The smallest absolute Gasteiger partial charge is 0.323 e. The number of ether oxygens (including phenoxy) is 3. The summed E-state index contributed by atoms with van der Waals surface area (Å²) in [7, 11) is 0. The van der Waals surface area contributed by atoms with E-state index in [1.165, 1.54) is 6.07 Å². The summed E-state index contributed by atoms with van der Waals surface area (Å²) in [5.41, 5.74) is 1.97. The third kappa shape index (κ3) is 9.26. The number of fused-ring (bicyclic) bond motifs is 1. The molecule has 0 spiro atoms. The molecule has 6 N–H and O–H groups in total. The average Bonchev–Trinajstić information content (AvgIpc) is 3.46. The lowest BCUT2D eigenvalue weighted by molar-refractivity contribution is -0.138. The maximum Gasteiger partial charge on any atom is 0.323 e. The molecule has 0 aliphatic carbocycles. The Kier molecular flexibility index (Phi) is 10.7. The van der Waals surface area contributed by atoms with Gasteiger partial charge in [-0.2, -0.15) is 0 Å². The zero-order valence-electron chi connectivity index (χ0n) is 25.1. The van der Waals surface area contributed by atoms with E-state index in [2.05, 4.69) is 21.3 Å². The molecule has 13 heteroatoms. The summed E-state index contributed by atoms with van der Waals surface area (Å²) in [4.78, 5) is 50.1. The number of aryl methyl sites for hydroxylation is 1. The van der Waals surface area contributed by atoms with E-state index in [4.69, 9.17) is 14.2 Å². The number of anilines is 2. The van der Waals surface area contributed by atoms with Gasteiger partial charge in [-0.3, -0.25) is 14.4 Å². The van der Waals surface area contributed by atoms with Crippen molar-refractivity contribution in [3.8, 4) is 23.0 Å². The Labute approximate surface area is 259 Å². The highest BCUT2D eigenvalue weighted by Gasteiger charge is 2.27. The molecule has 0 bridgehead atoms. The van der Waals surface area contributed by atoms with E-state index in [1.807, 2.05) is 13.8 Å². The molecule has 238 valence electrons. The van der Waals surface area contributed by atoms with E-state index in [-0.39, 0.29) is 31.5 Å². The Morgan fingerprint density at radius 1 is 0.933 bits per heavy atom. The van der Waals surface area contributed by atoms with Gasteiger partial charge in [0.1, 0.15) is 17.5 Å². The normalized spacial score (nSPS) is 13.0. The number of carbonyl (C=O) groups is 4. The second-order valence-corrected chi connectivity index (χ2v) is 10.9. The van der Waals surface area contributed by atoms with Crippen molar-refractivity contribution in [2.75, 3.05) is 24.0 Å². The summed E-state index contributed by atoms with van der Waals surface area (Å²) < 4.78 is 16.3. The number of nitrogens with one attached hydrogen (secondary N) is 4. The molecule has 0 aromatic heterocycles. The van der Waals surface area contributed by atoms with Crippen LogP contribution in [0.4, 0.5) is 16.2 Å². The van der Waals surface area contributed by atoms with Crippen LogP contribution in [0.2, 0.25) is 0 Å². The molecule has 1 heterocycles. The van der Waals surface area contributed by atoms with Crippen molar-refractivity contribution in [2.24, 2.45) is 5.92 Å². The Bertz CT molecular complexity index is 1520. The summed E-state index contributed by atoms with van der Waals surface area (Å²) in [6.45, 7) is 5.22. The number of hydrogen-bond acceptors (Lipinski definition) is 8. The molecule has 45 heavy (non-hydrogen) atoms. The number of aromatic hydroxyl groups is 1. The van der Waals surface area contributed by atoms with Crippen molar-refractivity contribution >= 4 is 35.2 Å². The van der Waals surface area contributed by atoms with Crippen LogP contribution in [0.25, 0.3) is 0 Å². The maximum atomic E-state index is 13.3. The molecule has 0 saturated heterocycles. The van der Waals surface area contributed by atoms with Crippen molar-refractivity contribution in [1.29, 1.82) is 0 Å². The number of carboxylic acids is 1. The van der Waals surface area contributed by atoms with E-state index in [9.17, 15) is 29.4 Å². The quantitative estimate of drug-likeness (QED) is 0.152. The van der Waals surface area contributed by atoms with Gasteiger partial charge in [-0.15, -0.1) is 0 Å². The average molecular weight is 621 g/mol. The number of amides is 4. The van der Waals surface area contributed by atoms with Crippen LogP contribution in [-0.4, -0.2) is 53.5 Å². The molecule has 1 aliphatic heterocycles. The highest BCUT2D eigenvalue weighted by Crippen LogP contribution is 2.35. The highest BCUT2D eigenvalue weighted by atomic mass is 16.7. The maximum absolute atomic E-state index is 13.3. The predicted molar refractivity (Wildman–Crippen MR) is 165 cm³/mol. The van der Waals surface area contributed by atoms with Crippen LogP contribution in [0, 0.1) is 12.8 Å². The van der Waals surface area contributed by atoms with Gasteiger partial charge in [-0.25, -0.2) is 4.79 Å². The fraction of sp³-hybridized carbons (Fsp3) is 0.312. The molecule has 13 nitrogen and oxygen atoms in total. The number of urea groups is 1. The Morgan fingerprint density at radius 3 is 2.36 bits per heavy atom. The SMILES string of the molecule is Cc1cccc(O)c1NC(=O)Nc1ccc(OCC(=O)NC(CC(C)C)C(=O)NC(CC(=O)O)c2ccc3c(c2)OCO3)cc1. The van der Waals surface area contributed by atoms with Crippen LogP contribution in [0.15, 0.2) is 60.7 Å². The predicted octanol–water partition coefficient (Wildman–Crippen LogP) is 4.32. The molecule has 2 unspecified atom stereocenters. The molecule has 3 aromatic carbocycles. The third-order valence-corrected chi connectivity index (χ3v) is 6.82. The molecule has 4 rings (SSSR count). The van der Waals surface area contributed by atoms with Crippen LogP contribution in [0.3, 0.4) is 0 Å². The largest absolute Gasteiger partial charge is 0.506 e. The van der Waals surface area contributed by atoms with Gasteiger partial charge in [0.15, 0.2) is 18.1 Å². The van der Waals surface area contributed by atoms with Gasteiger partial charge < -0.3 is 45.7 Å². The standard InChI is InChI=1S/C32H36N4O9/c1-18(2)13-24(31(41)35-23(15-29(39)40)20-7-12-26-27(14-20)45-17-44-26)34-28(38)16-43-22-10-8-21(9-11-22)33-32(42)36-30-19(3)5-4-6-25(30)37/h4-12,14,18,23-24,37H,13,15-17H2,1-3H3,(H,34,38)(H,35,41)(H,39,40)(H2,33,36,42). The second kappa shape index (κ2) is 14.8. The second-order valence-electron chi connectivity index (χ2n) is 10.9. The lowest BCUT2D eigenvalue weighted by Gasteiger charge is -2.24. The van der Waals surface area contributed by atoms with Gasteiger partial charge in [-0.1, -0.05) is 32.0 Å². The number of para-hydroxylation sites is 1. The molecule has 3 aromatic rings. The lowest BCUT2D eigenvalue weighted by atomic mass is 10.00. The molecular formula is C32H36N4O9. The number of carboxylic acid groups (broad SMARTS) is 1. The van der Waals surface area contributed by atoms with Crippen molar-refractivity contribution in [2.45, 2.75) is 45.7 Å². The van der Waals surface area contributed by atoms with E-state index < -0.39 is 35.9 Å². The molecule has 4 amide bonds. The molecule has 0 saturated carbocycles. The first kappa shape index (κ1) is 32.5. The number of hydrogen-bond donors (Lipinski definition) is 6. The van der Waals surface area contributed by atoms with Crippen LogP contribution in [-0.2, 0) is 14.4 Å². The first-order valence-electron chi connectivity index (χ1n) is 14.3. The van der Waals surface area contributed by atoms with Gasteiger partial charge in [0.25, 0.3) is 5.91 Å². The molecule has 1 aliphatic rings. The number of rotatable bonds is 13. The van der Waals surface area contributed by atoms with Crippen molar-refractivity contribution < 1.29 is 43.6 Å². The first-order chi connectivity index (χ1) is 21.5. The zero-order chi connectivity index (χ0) is 32.5. The minimum Gasteiger partial charge on any atom is -0.506 e. The number of benzene rings is 3. The topological polar surface area (TPSA) is 185 Å². The minimum atomic E-state index is -1.11. The fourth-order valence-corrected chi connectivity index (χ4v) is 4.64. The van der Waals surface area contributed by atoms with E-state index in [1.54, 1.807) is 61.5 Å². The molecular weight excluding hydrogens is 584 g/mol. The van der Waals surface area contributed by atoms with Gasteiger partial charge in [0, 0.05) is 5.69 Å².